The number of hydrogen-bond acceptors (Lipinski definition) is 5. The number of nitrogens with zero attached hydrogens (tertiary/aromatic N) is 3. The van der Waals surface area contributed by atoms with Gasteiger partial charge in [-0.15, -0.1) is 0 Å². The number of hydrazine groups is 1. The van der Waals surface area contributed by atoms with Crippen LogP contribution in [-0.4, -0.2) is 16.5 Å². The standard InChI is InChI=1S/C14H17N5/c1-10-8-13(17-14(16-10)18-15)19-7-6-11-4-2-3-5-12(11)9-19/h2-5,8H,6-7,9,15H2,1H3,(H,16,17,18). The number of nitrogens with one attached hydrogen (secondary N) is 1. The number of anilines is 2. The summed E-state index contributed by atoms with van der Waals surface area (Å²) in [6, 6.07) is 10.6. The van der Waals surface area contributed by atoms with E-state index in [9.17, 15) is 0 Å². The van der Waals surface area contributed by atoms with E-state index in [0.29, 0.717) is 5.95 Å². The van der Waals surface area contributed by atoms with Crippen molar-refractivity contribution in [3.05, 3.63) is 47.2 Å². The molecule has 0 radical (unpaired) electrons. The van der Waals surface area contributed by atoms with Crippen LogP contribution in [0.1, 0.15) is 16.8 Å². The Balaban J connectivity index is 1.90. The molecule has 1 aliphatic heterocycles. The van der Waals surface area contributed by atoms with Crippen molar-refractivity contribution >= 4 is 11.8 Å². The van der Waals surface area contributed by atoms with Gasteiger partial charge >= 0.3 is 0 Å². The van der Waals surface area contributed by atoms with Crippen LogP contribution < -0.4 is 16.2 Å². The summed E-state index contributed by atoms with van der Waals surface area (Å²) in [6.07, 6.45) is 1.05. The molecule has 5 nitrogen and oxygen atoms in total. The fourth-order valence-corrected chi connectivity index (χ4v) is 2.47. The number of aryl methyl sites for hydroxylation is 1. The molecule has 2 aromatic rings. The molecule has 3 N–H and O–H groups in total. The van der Waals surface area contributed by atoms with Gasteiger partial charge in [-0.1, -0.05) is 24.3 Å². The second kappa shape index (κ2) is 4.85. The minimum absolute atomic E-state index is 0.467. The van der Waals surface area contributed by atoms with Crippen LogP contribution in [0.15, 0.2) is 30.3 Å². The number of rotatable bonds is 2. The zero-order valence-corrected chi connectivity index (χ0v) is 10.9. The summed E-state index contributed by atoms with van der Waals surface area (Å²) in [5.41, 5.74) is 6.23. The maximum Gasteiger partial charge on any atom is 0.239 e. The van der Waals surface area contributed by atoms with Gasteiger partial charge in [-0.2, -0.15) is 4.98 Å². The van der Waals surface area contributed by atoms with E-state index < -0.39 is 0 Å². The smallest absolute Gasteiger partial charge is 0.239 e. The van der Waals surface area contributed by atoms with Crippen molar-refractivity contribution in [2.75, 3.05) is 16.9 Å². The molecule has 0 fully saturated rings. The van der Waals surface area contributed by atoms with Crippen LogP contribution in [-0.2, 0) is 13.0 Å². The normalized spacial score (nSPS) is 14.1. The Morgan fingerprint density at radius 3 is 2.79 bits per heavy atom. The second-order valence-corrected chi connectivity index (χ2v) is 4.78. The molecule has 1 aromatic heterocycles. The van der Waals surface area contributed by atoms with Gasteiger partial charge in [-0.05, 0) is 24.5 Å². The molecule has 1 aliphatic rings. The first kappa shape index (κ1) is 11.9. The van der Waals surface area contributed by atoms with Gasteiger partial charge in [0.25, 0.3) is 0 Å². The molecule has 0 aliphatic carbocycles. The Kier molecular flexibility index (Phi) is 3.05. The van der Waals surface area contributed by atoms with E-state index in [2.05, 4.69) is 44.6 Å². The molecule has 0 spiro atoms. The van der Waals surface area contributed by atoms with Crippen LogP contribution in [0.2, 0.25) is 0 Å². The Labute approximate surface area is 112 Å². The monoisotopic (exact) mass is 255 g/mol. The van der Waals surface area contributed by atoms with E-state index in [4.69, 9.17) is 5.84 Å². The zero-order valence-electron chi connectivity index (χ0n) is 10.9. The molecule has 0 atom stereocenters. The van der Waals surface area contributed by atoms with Gasteiger partial charge < -0.3 is 4.90 Å². The fourth-order valence-electron chi connectivity index (χ4n) is 2.47. The van der Waals surface area contributed by atoms with Gasteiger partial charge in [0.2, 0.25) is 5.95 Å². The molecule has 19 heavy (non-hydrogen) atoms. The average molecular weight is 255 g/mol. The minimum Gasteiger partial charge on any atom is -0.352 e. The van der Waals surface area contributed by atoms with Crippen LogP contribution in [0.3, 0.4) is 0 Å². The lowest BCUT2D eigenvalue weighted by Crippen LogP contribution is -2.31. The topological polar surface area (TPSA) is 67.1 Å². The highest BCUT2D eigenvalue weighted by molar-refractivity contribution is 5.47. The first-order chi connectivity index (χ1) is 9.26. The Morgan fingerprint density at radius 1 is 1.21 bits per heavy atom. The van der Waals surface area contributed by atoms with E-state index in [1.54, 1.807) is 0 Å². The van der Waals surface area contributed by atoms with Crippen LogP contribution in [0.5, 0.6) is 0 Å². The van der Waals surface area contributed by atoms with E-state index in [-0.39, 0.29) is 0 Å². The van der Waals surface area contributed by atoms with Crippen molar-refractivity contribution in [3.63, 3.8) is 0 Å². The molecule has 0 unspecified atom stereocenters. The summed E-state index contributed by atoms with van der Waals surface area (Å²) >= 11 is 0. The van der Waals surface area contributed by atoms with Gasteiger partial charge in [0.05, 0.1) is 0 Å². The maximum atomic E-state index is 5.40. The van der Waals surface area contributed by atoms with E-state index in [1.807, 2.05) is 13.0 Å². The number of aromatic nitrogens is 2. The molecular formula is C14H17N5. The molecule has 1 aromatic carbocycles. The van der Waals surface area contributed by atoms with E-state index in [1.165, 1.54) is 11.1 Å². The van der Waals surface area contributed by atoms with Gasteiger partial charge in [0, 0.05) is 24.8 Å². The molecule has 0 amide bonds. The molecule has 0 saturated carbocycles. The van der Waals surface area contributed by atoms with Crippen LogP contribution >= 0.6 is 0 Å². The molecule has 2 heterocycles. The van der Waals surface area contributed by atoms with Crippen molar-refractivity contribution in [2.24, 2.45) is 5.84 Å². The van der Waals surface area contributed by atoms with E-state index in [0.717, 1.165) is 31.0 Å². The van der Waals surface area contributed by atoms with Gasteiger partial charge in [0.15, 0.2) is 0 Å². The molecule has 0 bridgehead atoms. The first-order valence-corrected chi connectivity index (χ1v) is 6.40. The first-order valence-electron chi connectivity index (χ1n) is 6.40. The highest BCUT2D eigenvalue weighted by atomic mass is 15.3. The summed E-state index contributed by atoms with van der Waals surface area (Å²) in [6.45, 7) is 3.80. The van der Waals surface area contributed by atoms with Crippen molar-refractivity contribution < 1.29 is 0 Å². The van der Waals surface area contributed by atoms with Crippen LogP contribution in [0.25, 0.3) is 0 Å². The lowest BCUT2D eigenvalue weighted by atomic mass is 10.00. The summed E-state index contributed by atoms with van der Waals surface area (Å²) in [7, 11) is 0. The summed E-state index contributed by atoms with van der Waals surface area (Å²) in [4.78, 5) is 10.9. The lowest BCUT2D eigenvalue weighted by Gasteiger charge is -2.30. The SMILES string of the molecule is Cc1cc(N2CCc3ccccc3C2)nc(NN)n1. The zero-order chi connectivity index (χ0) is 13.2. The third kappa shape index (κ3) is 2.37. The Morgan fingerprint density at radius 2 is 2.00 bits per heavy atom. The highest BCUT2D eigenvalue weighted by Gasteiger charge is 2.17. The maximum absolute atomic E-state index is 5.40. The predicted molar refractivity (Wildman–Crippen MR) is 75.8 cm³/mol. The van der Waals surface area contributed by atoms with E-state index >= 15 is 0 Å². The third-order valence-corrected chi connectivity index (χ3v) is 3.42. The predicted octanol–water partition coefficient (Wildman–Crippen LogP) is 1.63. The average Bonchev–Trinajstić information content (AvgIpc) is 2.46. The van der Waals surface area contributed by atoms with Gasteiger partial charge in [-0.25, -0.2) is 10.8 Å². The van der Waals surface area contributed by atoms with Gasteiger partial charge in [0.1, 0.15) is 5.82 Å². The fraction of sp³-hybridized carbons (Fsp3) is 0.286. The van der Waals surface area contributed by atoms with Crippen molar-refractivity contribution in [1.82, 2.24) is 9.97 Å². The number of benzene rings is 1. The quantitative estimate of drug-likeness (QED) is 0.630. The van der Waals surface area contributed by atoms with Crippen molar-refractivity contribution in [3.8, 4) is 0 Å². The second-order valence-electron chi connectivity index (χ2n) is 4.78. The number of nitrogen functional groups attached to an aromatic ring is 1. The highest BCUT2D eigenvalue weighted by Crippen LogP contribution is 2.23. The molecule has 98 valence electrons. The van der Waals surface area contributed by atoms with Crippen LogP contribution in [0, 0.1) is 6.92 Å². The minimum atomic E-state index is 0.467. The largest absolute Gasteiger partial charge is 0.352 e. The summed E-state index contributed by atoms with van der Waals surface area (Å²) < 4.78 is 0. The molecular weight excluding hydrogens is 238 g/mol. The van der Waals surface area contributed by atoms with Gasteiger partial charge in [-0.3, -0.25) is 5.43 Å². The van der Waals surface area contributed by atoms with Crippen LogP contribution in [0.4, 0.5) is 11.8 Å². The lowest BCUT2D eigenvalue weighted by molar-refractivity contribution is 0.719. The number of nitrogens with two attached hydrogens (primary N) is 1. The van der Waals surface area contributed by atoms with Crippen molar-refractivity contribution in [1.29, 1.82) is 0 Å². The summed E-state index contributed by atoms with van der Waals surface area (Å²) in [5, 5.41) is 0. The third-order valence-electron chi connectivity index (χ3n) is 3.42. The molecule has 5 heteroatoms. The Bertz CT molecular complexity index is 596. The molecule has 3 rings (SSSR count). The van der Waals surface area contributed by atoms with Crippen molar-refractivity contribution in [2.45, 2.75) is 19.9 Å². The summed E-state index contributed by atoms with van der Waals surface area (Å²) in [5.74, 6) is 6.79. The number of hydrogen-bond donors (Lipinski definition) is 2. The Hall–Kier alpha value is -2.14. The number of fused-ring (bicyclic) bond motifs is 1. The molecule has 0 saturated heterocycles.